The summed E-state index contributed by atoms with van der Waals surface area (Å²) in [4.78, 5) is 0. The van der Waals surface area contributed by atoms with Crippen LogP contribution in [0, 0.1) is 5.92 Å². The number of ether oxygens (including phenoxy) is 1. The number of benzene rings is 2. The largest absolute Gasteiger partial charge is 0.506 e. The number of hydrogen-bond donors (Lipinski definition) is 3. The first kappa shape index (κ1) is 16.9. The van der Waals surface area contributed by atoms with Gasteiger partial charge in [0, 0.05) is 17.1 Å². The molecule has 2 aliphatic carbocycles. The summed E-state index contributed by atoms with van der Waals surface area (Å²) in [6.45, 7) is 1.10. The second kappa shape index (κ2) is 6.45. The van der Waals surface area contributed by atoms with Gasteiger partial charge in [-0.3, -0.25) is 0 Å². The van der Waals surface area contributed by atoms with Crippen LogP contribution in [0.15, 0.2) is 36.4 Å². The maximum Gasteiger partial charge on any atom is 0.139 e. The van der Waals surface area contributed by atoms with Gasteiger partial charge in [0.2, 0.25) is 0 Å². The third-order valence-electron chi connectivity index (χ3n) is 7.13. The fraction of sp³-hybridized carbons (Fsp3) is 0.478. The second-order valence-corrected chi connectivity index (χ2v) is 8.40. The SMILES string of the molecule is COc1ccc(Nc2cc3c(cc2O)[C@]24CCCC[C@@H]2[C@H](C3)NCC4)cc1. The summed E-state index contributed by atoms with van der Waals surface area (Å²) in [6.07, 6.45) is 7.53. The molecule has 27 heavy (non-hydrogen) atoms. The van der Waals surface area contributed by atoms with Crippen LogP contribution in [0.3, 0.4) is 0 Å². The standard InChI is InChI=1S/C23H28N2O2/c1-27-17-7-5-16(6-8-17)25-21-13-15-12-20-18-4-2-3-9-23(18,10-11-24-20)19(15)14-22(21)26/h5-8,13-14,18,20,24-26H,2-4,9-12H2,1H3/t18-,20+,23+/m1/s1. The highest BCUT2D eigenvalue weighted by molar-refractivity contribution is 5.69. The predicted molar refractivity (Wildman–Crippen MR) is 108 cm³/mol. The topological polar surface area (TPSA) is 53.5 Å². The molecule has 2 bridgehead atoms. The van der Waals surface area contributed by atoms with Crippen LogP contribution < -0.4 is 15.4 Å². The smallest absolute Gasteiger partial charge is 0.139 e. The van der Waals surface area contributed by atoms with Crippen LogP contribution in [0.5, 0.6) is 11.5 Å². The number of nitrogens with one attached hydrogen (secondary N) is 2. The molecule has 4 heteroatoms. The number of anilines is 2. The lowest BCUT2D eigenvalue weighted by Gasteiger charge is -2.56. The molecule has 0 aromatic heterocycles. The molecule has 1 saturated heterocycles. The third-order valence-corrected chi connectivity index (χ3v) is 7.13. The average molecular weight is 364 g/mol. The molecule has 3 atom stereocenters. The minimum absolute atomic E-state index is 0.276. The van der Waals surface area contributed by atoms with Crippen molar-refractivity contribution in [2.45, 2.75) is 50.0 Å². The lowest BCUT2D eigenvalue weighted by atomic mass is 9.53. The van der Waals surface area contributed by atoms with Gasteiger partial charge in [-0.15, -0.1) is 0 Å². The molecule has 1 saturated carbocycles. The Balaban J connectivity index is 1.51. The Bertz CT molecular complexity index is 844. The summed E-state index contributed by atoms with van der Waals surface area (Å²) in [5.41, 5.74) is 4.84. The van der Waals surface area contributed by atoms with E-state index in [-0.39, 0.29) is 5.41 Å². The number of phenols is 1. The van der Waals surface area contributed by atoms with E-state index in [4.69, 9.17) is 4.74 Å². The number of fused-ring (bicyclic) bond motifs is 1. The van der Waals surface area contributed by atoms with Gasteiger partial charge in [-0.1, -0.05) is 12.8 Å². The van der Waals surface area contributed by atoms with E-state index in [1.165, 1.54) is 43.2 Å². The van der Waals surface area contributed by atoms with Crippen molar-refractivity contribution < 1.29 is 9.84 Å². The van der Waals surface area contributed by atoms with Crippen molar-refractivity contribution in [3.63, 3.8) is 0 Å². The fourth-order valence-corrected chi connectivity index (χ4v) is 5.90. The number of piperidine rings is 1. The van der Waals surface area contributed by atoms with Crippen LogP contribution in [-0.2, 0) is 11.8 Å². The van der Waals surface area contributed by atoms with E-state index in [0.29, 0.717) is 11.8 Å². The summed E-state index contributed by atoms with van der Waals surface area (Å²) in [5, 5.41) is 18.0. The van der Waals surface area contributed by atoms with Crippen LogP contribution in [0.1, 0.15) is 43.2 Å². The molecule has 3 aliphatic rings. The molecule has 3 N–H and O–H groups in total. The van der Waals surface area contributed by atoms with Gasteiger partial charge in [0.15, 0.2) is 0 Å². The monoisotopic (exact) mass is 364 g/mol. The number of phenolic OH excluding ortho intramolecular Hbond substituents is 1. The zero-order valence-corrected chi connectivity index (χ0v) is 15.9. The molecule has 0 unspecified atom stereocenters. The van der Waals surface area contributed by atoms with Crippen molar-refractivity contribution in [2.75, 3.05) is 19.0 Å². The van der Waals surface area contributed by atoms with E-state index in [0.717, 1.165) is 36.0 Å². The summed E-state index contributed by atoms with van der Waals surface area (Å²) in [7, 11) is 1.67. The molecule has 5 rings (SSSR count). The van der Waals surface area contributed by atoms with Crippen molar-refractivity contribution in [1.29, 1.82) is 0 Å². The number of hydrogen-bond acceptors (Lipinski definition) is 4. The first-order valence-electron chi connectivity index (χ1n) is 10.2. The first-order valence-corrected chi connectivity index (χ1v) is 10.2. The molecular formula is C23H28N2O2. The van der Waals surface area contributed by atoms with Gasteiger partial charge in [-0.2, -0.15) is 0 Å². The Kier molecular flexibility index (Phi) is 4.05. The average Bonchev–Trinajstić information content (AvgIpc) is 2.70. The number of methoxy groups -OCH3 is 1. The van der Waals surface area contributed by atoms with Crippen LogP contribution >= 0.6 is 0 Å². The van der Waals surface area contributed by atoms with Crippen LogP contribution in [-0.4, -0.2) is 24.8 Å². The molecule has 0 spiro atoms. The van der Waals surface area contributed by atoms with Gasteiger partial charge < -0.3 is 20.5 Å². The molecule has 1 heterocycles. The van der Waals surface area contributed by atoms with Crippen LogP contribution in [0.25, 0.3) is 0 Å². The van der Waals surface area contributed by atoms with Crippen LogP contribution in [0.4, 0.5) is 11.4 Å². The first-order chi connectivity index (χ1) is 13.2. The molecule has 0 radical (unpaired) electrons. The molecule has 4 nitrogen and oxygen atoms in total. The van der Waals surface area contributed by atoms with E-state index in [2.05, 4.69) is 22.8 Å². The van der Waals surface area contributed by atoms with Gasteiger partial charge in [0.05, 0.1) is 12.8 Å². The summed E-state index contributed by atoms with van der Waals surface area (Å²) < 4.78 is 5.23. The van der Waals surface area contributed by atoms with Gasteiger partial charge in [-0.05, 0) is 85.7 Å². The Labute approximate surface area is 160 Å². The summed E-state index contributed by atoms with van der Waals surface area (Å²) in [6, 6.07) is 12.6. The van der Waals surface area contributed by atoms with E-state index >= 15 is 0 Å². The van der Waals surface area contributed by atoms with Gasteiger partial charge >= 0.3 is 0 Å². The molecule has 2 aromatic carbocycles. The van der Waals surface area contributed by atoms with E-state index in [1.54, 1.807) is 7.11 Å². The highest BCUT2D eigenvalue weighted by atomic mass is 16.5. The molecule has 2 fully saturated rings. The van der Waals surface area contributed by atoms with Crippen LogP contribution in [0.2, 0.25) is 0 Å². The third kappa shape index (κ3) is 2.69. The number of aromatic hydroxyl groups is 1. The Morgan fingerprint density at radius 2 is 2.00 bits per heavy atom. The Morgan fingerprint density at radius 1 is 1.15 bits per heavy atom. The van der Waals surface area contributed by atoms with Gasteiger partial charge in [0.25, 0.3) is 0 Å². The van der Waals surface area contributed by atoms with Crippen molar-refractivity contribution in [1.82, 2.24) is 5.32 Å². The molecular weight excluding hydrogens is 336 g/mol. The van der Waals surface area contributed by atoms with E-state index in [9.17, 15) is 5.11 Å². The van der Waals surface area contributed by atoms with Crippen molar-refractivity contribution >= 4 is 11.4 Å². The second-order valence-electron chi connectivity index (χ2n) is 8.40. The Hall–Kier alpha value is -2.20. The molecule has 0 amide bonds. The minimum atomic E-state index is 0.276. The lowest BCUT2D eigenvalue weighted by Crippen LogP contribution is -2.59. The molecule has 142 valence electrons. The van der Waals surface area contributed by atoms with E-state index in [1.807, 2.05) is 24.3 Å². The van der Waals surface area contributed by atoms with E-state index < -0.39 is 0 Å². The zero-order chi connectivity index (χ0) is 18.4. The summed E-state index contributed by atoms with van der Waals surface area (Å²) in [5.74, 6) is 1.92. The lowest BCUT2D eigenvalue weighted by molar-refractivity contribution is 0.0796. The van der Waals surface area contributed by atoms with Crippen molar-refractivity contribution in [3.05, 3.63) is 47.5 Å². The maximum atomic E-state index is 10.8. The molecule has 2 aromatic rings. The highest BCUT2D eigenvalue weighted by Gasteiger charge is 2.51. The Morgan fingerprint density at radius 3 is 2.81 bits per heavy atom. The van der Waals surface area contributed by atoms with Gasteiger partial charge in [-0.25, -0.2) is 0 Å². The van der Waals surface area contributed by atoms with Crippen molar-refractivity contribution in [2.24, 2.45) is 5.92 Å². The highest BCUT2D eigenvalue weighted by Crippen LogP contribution is 2.55. The quantitative estimate of drug-likeness (QED) is 0.703. The predicted octanol–water partition coefficient (Wildman–Crippen LogP) is 4.49. The summed E-state index contributed by atoms with van der Waals surface area (Å²) >= 11 is 0. The molecule has 1 aliphatic heterocycles. The zero-order valence-electron chi connectivity index (χ0n) is 15.9. The number of rotatable bonds is 3. The maximum absolute atomic E-state index is 10.8. The van der Waals surface area contributed by atoms with Gasteiger partial charge in [0.1, 0.15) is 11.5 Å². The fourth-order valence-electron chi connectivity index (χ4n) is 5.90. The van der Waals surface area contributed by atoms with Crippen molar-refractivity contribution in [3.8, 4) is 11.5 Å². The minimum Gasteiger partial charge on any atom is -0.506 e. The normalized spacial score (nSPS) is 28.8.